The molecule has 0 saturated carbocycles. The van der Waals surface area contributed by atoms with E-state index >= 15 is 0 Å². The number of hydrogen-bond acceptors (Lipinski definition) is 6. The predicted octanol–water partition coefficient (Wildman–Crippen LogP) is 3.47. The molecule has 0 saturated heterocycles. The SMILES string of the molecule is CC(C)[C@H](C(=O)NCCc1nc(-c2ccccc2)cs1)n1nnc2ccccc2c1=O. The molecular weight excluding hydrogens is 410 g/mol. The van der Waals surface area contributed by atoms with Crippen molar-refractivity contribution in [2.24, 2.45) is 5.92 Å². The topological polar surface area (TPSA) is 89.8 Å². The molecule has 4 aromatic rings. The Morgan fingerprint density at radius 1 is 1.10 bits per heavy atom. The van der Waals surface area contributed by atoms with Crippen LogP contribution in [0.2, 0.25) is 0 Å². The van der Waals surface area contributed by atoms with Crippen molar-refractivity contribution in [2.45, 2.75) is 26.3 Å². The van der Waals surface area contributed by atoms with Crippen LogP contribution in [-0.2, 0) is 11.2 Å². The lowest BCUT2D eigenvalue weighted by Crippen LogP contribution is -2.42. The number of benzene rings is 2. The minimum atomic E-state index is -0.735. The van der Waals surface area contributed by atoms with Gasteiger partial charge in [0.2, 0.25) is 5.91 Å². The van der Waals surface area contributed by atoms with Crippen LogP contribution < -0.4 is 10.9 Å². The van der Waals surface area contributed by atoms with E-state index < -0.39 is 6.04 Å². The van der Waals surface area contributed by atoms with Gasteiger partial charge in [0.05, 0.1) is 16.1 Å². The Kier molecular flexibility index (Phi) is 6.18. The van der Waals surface area contributed by atoms with Crippen LogP contribution in [0.3, 0.4) is 0 Å². The van der Waals surface area contributed by atoms with Crippen LogP contribution in [0.25, 0.3) is 22.2 Å². The first-order chi connectivity index (χ1) is 15.0. The van der Waals surface area contributed by atoms with E-state index in [0.29, 0.717) is 23.9 Å². The number of nitrogens with one attached hydrogen (secondary N) is 1. The summed E-state index contributed by atoms with van der Waals surface area (Å²) < 4.78 is 1.19. The maximum Gasteiger partial charge on any atom is 0.278 e. The zero-order valence-electron chi connectivity index (χ0n) is 17.4. The van der Waals surface area contributed by atoms with Gasteiger partial charge in [-0.25, -0.2) is 4.98 Å². The Hall–Kier alpha value is -3.39. The van der Waals surface area contributed by atoms with Crippen LogP contribution >= 0.6 is 11.3 Å². The van der Waals surface area contributed by atoms with Crippen LogP contribution in [0.1, 0.15) is 24.9 Å². The van der Waals surface area contributed by atoms with E-state index in [1.54, 1.807) is 35.6 Å². The first-order valence-electron chi connectivity index (χ1n) is 10.2. The summed E-state index contributed by atoms with van der Waals surface area (Å²) in [6.45, 7) is 4.21. The molecule has 0 aliphatic rings. The Labute approximate surface area is 183 Å². The maximum atomic E-state index is 12.9. The van der Waals surface area contributed by atoms with E-state index in [2.05, 4.69) is 20.6 Å². The summed E-state index contributed by atoms with van der Waals surface area (Å²) >= 11 is 1.57. The highest BCUT2D eigenvalue weighted by Gasteiger charge is 2.27. The summed E-state index contributed by atoms with van der Waals surface area (Å²) in [5.41, 5.74) is 2.21. The molecule has 2 aromatic heterocycles. The Morgan fingerprint density at radius 3 is 2.61 bits per heavy atom. The average molecular weight is 434 g/mol. The molecular formula is C23H23N5O2S. The molecule has 0 aliphatic heterocycles. The quantitative estimate of drug-likeness (QED) is 0.482. The van der Waals surface area contributed by atoms with E-state index in [9.17, 15) is 9.59 Å². The molecule has 7 nitrogen and oxygen atoms in total. The second-order valence-corrected chi connectivity index (χ2v) is 8.52. The van der Waals surface area contributed by atoms with E-state index in [1.807, 2.05) is 49.6 Å². The first kappa shape index (κ1) is 20.9. The van der Waals surface area contributed by atoms with Gasteiger partial charge in [0, 0.05) is 23.9 Å². The number of rotatable bonds is 7. The third-order valence-electron chi connectivity index (χ3n) is 5.01. The highest BCUT2D eigenvalue weighted by Crippen LogP contribution is 2.22. The van der Waals surface area contributed by atoms with Crippen molar-refractivity contribution in [1.29, 1.82) is 0 Å². The monoisotopic (exact) mass is 433 g/mol. The second kappa shape index (κ2) is 9.18. The smallest absolute Gasteiger partial charge is 0.278 e. The number of carbonyl (C=O) groups is 1. The average Bonchev–Trinajstić information content (AvgIpc) is 3.25. The summed E-state index contributed by atoms with van der Waals surface area (Å²) in [4.78, 5) is 30.5. The lowest BCUT2D eigenvalue weighted by Gasteiger charge is -2.21. The minimum absolute atomic E-state index is 0.127. The molecule has 31 heavy (non-hydrogen) atoms. The highest BCUT2D eigenvalue weighted by molar-refractivity contribution is 7.09. The number of nitrogens with zero attached hydrogens (tertiary/aromatic N) is 4. The highest BCUT2D eigenvalue weighted by atomic mass is 32.1. The van der Waals surface area contributed by atoms with Gasteiger partial charge in [-0.1, -0.05) is 61.5 Å². The lowest BCUT2D eigenvalue weighted by molar-refractivity contribution is -0.126. The van der Waals surface area contributed by atoms with Crippen molar-refractivity contribution < 1.29 is 4.79 Å². The number of hydrogen-bond donors (Lipinski definition) is 1. The van der Waals surface area contributed by atoms with Crippen molar-refractivity contribution in [1.82, 2.24) is 25.3 Å². The summed E-state index contributed by atoms with van der Waals surface area (Å²) in [6.07, 6.45) is 0.617. The summed E-state index contributed by atoms with van der Waals surface area (Å²) in [6, 6.07) is 16.3. The van der Waals surface area contributed by atoms with Gasteiger partial charge in [0.15, 0.2) is 0 Å². The van der Waals surface area contributed by atoms with Crippen LogP contribution in [0.4, 0.5) is 0 Å². The van der Waals surface area contributed by atoms with Gasteiger partial charge in [-0.3, -0.25) is 9.59 Å². The van der Waals surface area contributed by atoms with Crippen molar-refractivity contribution in [3.05, 3.63) is 75.3 Å². The van der Waals surface area contributed by atoms with Gasteiger partial charge < -0.3 is 5.32 Å². The van der Waals surface area contributed by atoms with Crippen LogP contribution in [0.15, 0.2) is 64.8 Å². The number of fused-ring (bicyclic) bond motifs is 1. The normalized spacial score (nSPS) is 12.2. The lowest BCUT2D eigenvalue weighted by atomic mass is 10.0. The molecule has 0 aliphatic carbocycles. The molecule has 0 unspecified atom stereocenters. The van der Waals surface area contributed by atoms with Crippen molar-refractivity contribution in [3.8, 4) is 11.3 Å². The van der Waals surface area contributed by atoms with Gasteiger partial charge in [-0.05, 0) is 18.1 Å². The van der Waals surface area contributed by atoms with Gasteiger partial charge in [0.25, 0.3) is 5.56 Å². The van der Waals surface area contributed by atoms with E-state index in [0.717, 1.165) is 16.3 Å². The third-order valence-corrected chi connectivity index (χ3v) is 5.92. The van der Waals surface area contributed by atoms with Gasteiger partial charge in [0.1, 0.15) is 11.6 Å². The zero-order valence-corrected chi connectivity index (χ0v) is 18.2. The van der Waals surface area contributed by atoms with Crippen molar-refractivity contribution in [3.63, 3.8) is 0 Å². The first-order valence-corrected chi connectivity index (χ1v) is 11.0. The van der Waals surface area contributed by atoms with Crippen LogP contribution in [-0.4, -0.2) is 32.4 Å². The second-order valence-electron chi connectivity index (χ2n) is 7.58. The standard InChI is InChI=1S/C23H23N5O2S/c1-15(2)21(28-23(30)17-10-6-7-11-18(17)26-27-28)22(29)24-13-12-20-25-19(14-31-20)16-8-4-3-5-9-16/h3-11,14-15,21H,12-13H2,1-2H3,(H,24,29)/t21-/m1/s1. The molecule has 0 fully saturated rings. The summed E-state index contributed by atoms with van der Waals surface area (Å²) in [5, 5.41) is 14.5. The van der Waals surface area contributed by atoms with Crippen molar-refractivity contribution >= 4 is 28.1 Å². The van der Waals surface area contributed by atoms with Crippen LogP contribution in [0, 0.1) is 5.92 Å². The van der Waals surface area contributed by atoms with E-state index in [1.165, 1.54) is 4.68 Å². The minimum Gasteiger partial charge on any atom is -0.354 e. The number of carbonyl (C=O) groups excluding carboxylic acids is 1. The maximum absolute atomic E-state index is 12.9. The predicted molar refractivity (Wildman–Crippen MR) is 122 cm³/mol. The van der Waals surface area contributed by atoms with Crippen LogP contribution in [0.5, 0.6) is 0 Å². The fourth-order valence-corrected chi connectivity index (χ4v) is 4.25. The van der Waals surface area contributed by atoms with Gasteiger partial charge in [-0.2, -0.15) is 4.68 Å². The molecule has 1 N–H and O–H groups in total. The molecule has 0 bridgehead atoms. The number of aromatic nitrogens is 4. The molecule has 4 rings (SSSR count). The third kappa shape index (κ3) is 4.54. The molecule has 0 spiro atoms. The molecule has 2 aromatic carbocycles. The van der Waals surface area contributed by atoms with Gasteiger partial charge >= 0.3 is 0 Å². The zero-order chi connectivity index (χ0) is 21.8. The van der Waals surface area contributed by atoms with Gasteiger partial charge in [-0.15, -0.1) is 16.4 Å². The Morgan fingerprint density at radius 2 is 1.84 bits per heavy atom. The Balaban J connectivity index is 1.45. The molecule has 2 heterocycles. The summed E-state index contributed by atoms with van der Waals surface area (Å²) in [7, 11) is 0. The largest absolute Gasteiger partial charge is 0.354 e. The number of amides is 1. The molecule has 0 radical (unpaired) electrons. The fraction of sp³-hybridized carbons (Fsp3) is 0.261. The van der Waals surface area contributed by atoms with Crippen molar-refractivity contribution in [2.75, 3.05) is 6.54 Å². The molecule has 1 amide bonds. The fourth-order valence-electron chi connectivity index (χ4n) is 3.44. The number of thiazole rings is 1. The van der Waals surface area contributed by atoms with E-state index in [-0.39, 0.29) is 17.4 Å². The van der Waals surface area contributed by atoms with E-state index in [4.69, 9.17) is 0 Å². The molecule has 158 valence electrons. The Bertz CT molecular complexity index is 1250. The molecule has 8 heteroatoms. The summed E-state index contributed by atoms with van der Waals surface area (Å²) in [5.74, 6) is -0.376. The molecule has 1 atom stereocenters.